The Balaban J connectivity index is 3.09. The lowest BCUT2D eigenvalue weighted by Gasteiger charge is -2.00. The van der Waals surface area contributed by atoms with Crippen LogP contribution >= 0.6 is 34.4 Å². The van der Waals surface area contributed by atoms with Crippen molar-refractivity contribution in [2.24, 2.45) is 0 Å². The van der Waals surface area contributed by atoms with Crippen LogP contribution in [0.15, 0.2) is 23.1 Å². The summed E-state index contributed by atoms with van der Waals surface area (Å²) < 4.78 is 1.23. The molecule has 0 saturated carbocycles. The van der Waals surface area contributed by atoms with Gasteiger partial charge in [-0.05, 0) is 47.0 Å². The lowest BCUT2D eigenvalue weighted by molar-refractivity contribution is 1.44. The monoisotopic (exact) mass is 265 g/mol. The Bertz CT molecular complexity index is 237. The van der Waals surface area contributed by atoms with E-state index in [-0.39, 0.29) is 0 Å². The van der Waals surface area contributed by atoms with Crippen molar-refractivity contribution in [3.8, 4) is 0 Å². The minimum atomic E-state index is 0.868. The largest absolute Gasteiger partial charge is 0.398 e. The van der Waals surface area contributed by atoms with E-state index in [1.54, 1.807) is 11.8 Å². The zero-order valence-electron chi connectivity index (χ0n) is 5.60. The van der Waals surface area contributed by atoms with Crippen molar-refractivity contribution in [1.82, 2.24) is 0 Å². The van der Waals surface area contributed by atoms with Crippen LogP contribution in [0, 0.1) is 3.57 Å². The molecule has 0 saturated heterocycles. The molecule has 0 aliphatic heterocycles. The molecular formula is C7H8INS. The Morgan fingerprint density at radius 2 is 2.20 bits per heavy atom. The fourth-order valence-electron chi connectivity index (χ4n) is 0.685. The van der Waals surface area contributed by atoms with E-state index < -0.39 is 0 Å². The van der Waals surface area contributed by atoms with E-state index in [1.165, 1.54) is 3.57 Å². The number of hydrogen-bond donors (Lipinski definition) is 1. The first kappa shape index (κ1) is 8.20. The van der Waals surface area contributed by atoms with Gasteiger partial charge >= 0.3 is 0 Å². The van der Waals surface area contributed by atoms with Crippen LogP contribution in [-0.4, -0.2) is 6.26 Å². The van der Waals surface area contributed by atoms with E-state index in [4.69, 9.17) is 5.73 Å². The third-order valence-electron chi connectivity index (χ3n) is 1.20. The molecule has 1 nitrogen and oxygen atoms in total. The van der Waals surface area contributed by atoms with E-state index in [0.717, 1.165) is 10.6 Å². The first-order valence-corrected chi connectivity index (χ1v) is 5.13. The highest BCUT2D eigenvalue weighted by atomic mass is 127. The number of thioether (sulfide) groups is 1. The van der Waals surface area contributed by atoms with Gasteiger partial charge in [-0.15, -0.1) is 11.8 Å². The number of nitrogen functional groups attached to an aromatic ring is 1. The molecule has 0 bridgehead atoms. The molecule has 0 atom stereocenters. The zero-order valence-corrected chi connectivity index (χ0v) is 8.57. The SMILES string of the molecule is CSc1cc(I)ccc1N. The summed E-state index contributed by atoms with van der Waals surface area (Å²) in [4.78, 5) is 1.16. The van der Waals surface area contributed by atoms with Crippen molar-refractivity contribution in [3.05, 3.63) is 21.8 Å². The normalized spacial score (nSPS) is 9.80. The molecule has 0 amide bonds. The maximum absolute atomic E-state index is 5.68. The van der Waals surface area contributed by atoms with Crippen LogP contribution in [0.5, 0.6) is 0 Å². The number of halogens is 1. The quantitative estimate of drug-likeness (QED) is 0.480. The highest BCUT2D eigenvalue weighted by Crippen LogP contribution is 2.24. The van der Waals surface area contributed by atoms with Crippen LogP contribution in [0.3, 0.4) is 0 Å². The predicted molar refractivity (Wildman–Crippen MR) is 55.4 cm³/mol. The van der Waals surface area contributed by atoms with E-state index >= 15 is 0 Å². The Hall–Kier alpha value is 0.1000. The number of hydrogen-bond acceptors (Lipinski definition) is 2. The van der Waals surface area contributed by atoms with Gasteiger partial charge in [-0.2, -0.15) is 0 Å². The average molecular weight is 265 g/mol. The van der Waals surface area contributed by atoms with Crippen molar-refractivity contribution >= 4 is 40.0 Å². The number of rotatable bonds is 1. The Morgan fingerprint density at radius 1 is 1.50 bits per heavy atom. The summed E-state index contributed by atoms with van der Waals surface area (Å²) in [5, 5.41) is 0. The molecule has 0 aliphatic rings. The topological polar surface area (TPSA) is 26.0 Å². The Morgan fingerprint density at radius 3 is 2.70 bits per heavy atom. The molecule has 0 fully saturated rings. The van der Waals surface area contributed by atoms with Crippen molar-refractivity contribution in [1.29, 1.82) is 0 Å². The van der Waals surface area contributed by atoms with Crippen molar-refractivity contribution in [2.75, 3.05) is 12.0 Å². The fourth-order valence-corrected chi connectivity index (χ4v) is 1.94. The van der Waals surface area contributed by atoms with Gasteiger partial charge in [0.2, 0.25) is 0 Å². The zero-order chi connectivity index (χ0) is 7.56. The highest BCUT2D eigenvalue weighted by molar-refractivity contribution is 14.1. The first-order valence-electron chi connectivity index (χ1n) is 2.83. The summed E-state index contributed by atoms with van der Waals surface area (Å²) in [5.74, 6) is 0. The van der Waals surface area contributed by atoms with E-state index in [2.05, 4.69) is 28.7 Å². The smallest absolute Gasteiger partial charge is 0.0452 e. The first-order chi connectivity index (χ1) is 4.74. The molecule has 0 heterocycles. The van der Waals surface area contributed by atoms with E-state index in [9.17, 15) is 0 Å². The minimum absolute atomic E-state index is 0.868. The molecule has 0 radical (unpaired) electrons. The lowest BCUT2D eigenvalue weighted by Crippen LogP contribution is -1.87. The number of benzene rings is 1. The summed E-state index contributed by atoms with van der Waals surface area (Å²) in [6.07, 6.45) is 2.03. The molecular weight excluding hydrogens is 257 g/mol. The van der Waals surface area contributed by atoms with Gasteiger partial charge in [0, 0.05) is 14.2 Å². The molecule has 0 aliphatic carbocycles. The maximum atomic E-state index is 5.68. The van der Waals surface area contributed by atoms with Crippen molar-refractivity contribution in [3.63, 3.8) is 0 Å². The van der Waals surface area contributed by atoms with Crippen molar-refractivity contribution < 1.29 is 0 Å². The number of nitrogens with two attached hydrogens (primary N) is 1. The van der Waals surface area contributed by atoms with Crippen LogP contribution < -0.4 is 5.73 Å². The minimum Gasteiger partial charge on any atom is -0.398 e. The van der Waals surface area contributed by atoms with Gasteiger partial charge in [-0.25, -0.2) is 0 Å². The molecule has 3 heteroatoms. The molecule has 1 rings (SSSR count). The van der Waals surface area contributed by atoms with Gasteiger partial charge in [-0.1, -0.05) is 0 Å². The predicted octanol–water partition coefficient (Wildman–Crippen LogP) is 2.60. The van der Waals surface area contributed by atoms with Crippen LogP contribution in [0.25, 0.3) is 0 Å². The van der Waals surface area contributed by atoms with Gasteiger partial charge < -0.3 is 5.73 Å². The summed E-state index contributed by atoms with van der Waals surface area (Å²) in [6.45, 7) is 0. The second-order valence-electron chi connectivity index (χ2n) is 1.89. The van der Waals surface area contributed by atoms with Crippen LogP contribution in [-0.2, 0) is 0 Å². The summed E-state index contributed by atoms with van der Waals surface area (Å²) in [6, 6.07) is 6.03. The maximum Gasteiger partial charge on any atom is 0.0452 e. The third-order valence-corrected chi connectivity index (χ3v) is 2.66. The average Bonchev–Trinajstić information content (AvgIpc) is 1.94. The Kier molecular flexibility index (Phi) is 2.85. The Labute approximate surface area is 78.5 Å². The van der Waals surface area contributed by atoms with Crippen LogP contribution in [0.1, 0.15) is 0 Å². The molecule has 0 spiro atoms. The summed E-state index contributed by atoms with van der Waals surface area (Å²) in [7, 11) is 0. The van der Waals surface area contributed by atoms with E-state index in [0.29, 0.717) is 0 Å². The van der Waals surface area contributed by atoms with Gasteiger partial charge in [0.05, 0.1) is 0 Å². The molecule has 10 heavy (non-hydrogen) atoms. The van der Waals surface area contributed by atoms with Crippen molar-refractivity contribution in [2.45, 2.75) is 4.90 Å². The molecule has 1 aromatic carbocycles. The highest BCUT2D eigenvalue weighted by Gasteiger charge is 1.95. The molecule has 0 unspecified atom stereocenters. The second-order valence-corrected chi connectivity index (χ2v) is 3.98. The van der Waals surface area contributed by atoms with Gasteiger partial charge in [-0.3, -0.25) is 0 Å². The molecule has 1 aromatic rings. The van der Waals surface area contributed by atoms with Crippen LogP contribution in [0.4, 0.5) is 5.69 Å². The summed E-state index contributed by atoms with van der Waals surface area (Å²) in [5.41, 5.74) is 6.54. The van der Waals surface area contributed by atoms with Gasteiger partial charge in [0.1, 0.15) is 0 Å². The molecule has 54 valence electrons. The fraction of sp³-hybridized carbons (Fsp3) is 0.143. The third kappa shape index (κ3) is 1.79. The second kappa shape index (κ2) is 3.48. The van der Waals surface area contributed by atoms with Crippen LogP contribution in [0.2, 0.25) is 0 Å². The molecule has 2 N–H and O–H groups in total. The van der Waals surface area contributed by atoms with Gasteiger partial charge in [0.25, 0.3) is 0 Å². The molecule has 0 aromatic heterocycles. The number of anilines is 1. The lowest BCUT2D eigenvalue weighted by atomic mass is 10.3. The van der Waals surface area contributed by atoms with E-state index in [1.807, 2.05) is 18.4 Å². The standard InChI is InChI=1S/C7H8INS/c1-10-7-4-5(8)2-3-6(7)9/h2-4H,9H2,1H3. The van der Waals surface area contributed by atoms with Gasteiger partial charge in [0.15, 0.2) is 0 Å². The summed E-state index contributed by atoms with van der Waals surface area (Å²) >= 11 is 3.96.